The number of aromatic nitrogens is 1. The number of hydrogen-bond donors (Lipinski definition) is 1. The van der Waals surface area contributed by atoms with E-state index in [2.05, 4.69) is 10.3 Å². The maximum absolute atomic E-state index is 10.8. The van der Waals surface area contributed by atoms with Crippen molar-refractivity contribution in [2.75, 3.05) is 19.8 Å². The molecule has 1 N–H and O–H groups in total. The third-order valence-corrected chi connectivity index (χ3v) is 4.17. The Kier molecular flexibility index (Phi) is 7.63. The zero-order valence-electron chi connectivity index (χ0n) is 16.0. The van der Waals surface area contributed by atoms with E-state index < -0.39 is 0 Å². The Labute approximate surface area is 165 Å². The summed E-state index contributed by atoms with van der Waals surface area (Å²) in [5.74, 6) is 1.17. The fourth-order valence-corrected chi connectivity index (χ4v) is 2.73. The molecule has 7 nitrogen and oxygen atoms in total. The van der Waals surface area contributed by atoms with Gasteiger partial charge in [-0.2, -0.15) is 0 Å². The van der Waals surface area contributed by atoms with Crippen molar-refractivity contribution in [1.29, 1.82) is 0 Å². The average Bonchev–Trinajstić information content (AvgIpc) is 2.72. The maximum Gasteiger partial charge on any atom is 0.216 e. The van der Waals surface area contributed by atoms with E-state index in [1.54, 1.807) is 12.3 Å². The Hall–Kier alpha value is -2.64. The molecule has 28 heavy (non-hydrogen) atoms. The van der Waals surface area contributed by atoms with E-state index in [9.17, 15) is 4.79 Å². The van der Waals surface area contributed by atoms with Crippen LogP contribution in [0.1, 0.15) is 25.3 Å². The molecule has 2 aromatic rings. The van der Waals surface area contributed by atoms with Gasteiger partial charge in [0, 0.05) is 26.0 Å². The first-order valence-electron chi connectivity index (χ1n) is 9.46. The molecule has 1 fully saturated rings. The minimum absolute atomic E-state index is 0.0251. The number of nitrogens with zero attached hydrogens (tertiary/aromatic N) is 1. The summed E-state index contributed by atoms with van der Waals surface area (Å²) in [4.78, 5) is 15.1. The minimum Gasteiger partial charge on any atom is -0.487 e. The molecular weight excluding hydrogens is 360 g/mol. The third-order valence-electron chi connectivity index (χ3n) is 4.17. The molecule has 0 bridgehead atoms. The second kappa shape index (κ2) is 10.6. The topological polar surface area (TPSA) is 78.9 Å². The Morgan fingerprint density at radius 1 is 1.18 bits per heavy atom. The molecule has 0 spiro atoms. The molecule has 2 heterocycles. The second-order valence-corrected chi connectivity index (χ2v) is 6.57. The molecule has 1 aliphatic heterocycles. The van der Waals surface area contributed by atoms with Crippen LogP contribution in [0.4, 0.5) is 0 Å². The van der Waals surface area contributed by atoms with Crippen molar-refractivity contribution in [2.24, 2.45) is 0 Å². The van der Waals surface area contributed by atoms with Crippen molar-refractivity contribution in [1.82, 2.24) is 10.3 Å². The Balaban J connectivity index is 1.35. The molecule has 0 saturated carbocycles. The van der Waals surface area contributed by atoms with Gasteiger partial charge < -0.3 is 24.3 Å². The quantitative estimate of drug-likeness (QED) is 0.668. The van der Waals surface area contributed by atoms with Crippen LogP contribution in [0.15, 0.2) is 48.7 Å². The molecule has 7 heteroatoms. The van der Waals surface area contributed by atoms with Crippen LogP contribution in [0.3, 0.4) is 0 Å². The smallest absolute Gasteiger partial charge is 0.216 e. The summed E-state index contributed by atoms with van der Waals surface area (Å²) in [7, 11) is 0. The Morgan fingerprint density at radius 2 is 1.96 bits per heavy atom. The normalized spacial score (nSPS) is 19.0. The molecule has 1 amide bonds. The van der Waals surface area contributed by atoms with Gasteiger partial charge in [0.1, 0.15) is 18.5 Å². The molecule has 3 rings (SSSR count). The van der Waals surface area contributed by atoms with Crippen molar-refractivity contribution in [2.45, 2.75) is 38.8 Å². The summed E-state index contributed by atoms with van der Waals surface area (Å²) in [6.07, 6.45) is 2.74. The second-order valence-electron chi connectivity index (χ2n) is 6.57. The van der Waals surface area contributed by atoms with Crippen LogP contribution in [0, 0.1) is 0 Å². The molecule has 0 atom stereocenters. The van der Waals surface area contributed by atoms with Crippen LogP contribution in [-0.4, -0.2) is 43.0 Å². The highest BCUT2D eigenvalue weighted by Crippen LogP contribution is 2.19. The number of hydrogen-bond acceptors (Lipinski definition) is 6. The van der Waals surface area contributed by atoms with Crippen LogP contribution in [0.5, 0.6) is 11.6 Å². The highest BCUT2D eigenvalue weighted by molar-refractivity contribution is 5.72. The molecule has 1 saturated heterocycles. The van der Waals surface area contributed by atoms with Crippen molar-refractivity contribution in [3.63, 3.8) is 0 Å². The number of rotatable bonds is 9. The lowest BCUT2D eigenvalue weighted by Crippen LogP contribution is -2.39. The van der Waals surface area contributed by atoms with Crippen LogP contribution in [-0.2, 0) is 20.9 Å². The average molecular weight is 386 g/mol. The molecular formula is C21H26N2O5. The SMILES string of the molecule is CC(=O)NCCC[C@H]1OC[C@@H](Oc2ccc(OCc3ccccc3)cn2)CO1. The zero-order chi connectivity index (χ0) is 19.6. The first-order chi connectivity index (χ1) is 13.7. The molecule has 1 aromatic heterocycles. The monoisotopic (exact) mass is 386 g/mol. The number of carbonyl (C=O) groups is 1. The number of benzene rings is 1. The van der Waals surface area contributed by atoms with E-state index in [4.69, 9.17) is 18.9 Å². The molecule has 0 aliphatic carbocycles. The Morgan fingerprint density at radius 3 is 2.64 bits per heavy atom. The number of amides is 1. The van der Waals surface area contributed by atoms with Gasteiger partial charge in [-0.15, -0.1) is 0 Å². The van der Waals surface area contributed by atoms with Crippen LogP contribution in [0.25, 0.3) is 0 Å². The van der Waals surface area contributed by atoms with Crippen molar-refractivity contribution in [3.05, 3.63) is 54.2 Å². The number of ether oxygens (including phenoxy) is 4. The maximum atomic E-state index is 10.8. The standard InChI is InChI=1S/C21H26N2O5/c1-16(24)22-11-5-8-21-26-14-19(15-27-21)28-20-10-9-18(12-23-20)25-13-17-6-3-2-4-7-17/h2-4,6-7,9-10,12,19,21H,5,8,11,13-15H2,1H3,(H,22,24)/t19-,21+. The molecule has 0 unspecified atom stereocenters. The third kappa shape index (κ3) is 6.83. The fourth-order valence-electron chi connectivity index (χ4n) is 2.73. The molecule has 1 aromatic carbocycles. The predicted molar refractivity (Wildman–Crippen MR) is 103 cm³/mol. The lowest BCUT2D eigenvalue weighted by atomic mass is 10.2. The highest BCUT2D eigenvalue weighted by atomic mass is 16.7. The number of carbonyl (C=O) groups excluding carboxylic acids is 1. The van der Waals surface area contributed by atoms with E-state index >= 15 is 0 Å². The van der Waals surface area contributed by atoms with Crippen molar-refractivity contribution < 1.29 is 23.7 Å². The van der Waals surface area contributed by atoms with E-state index in [0.29, 0.717) is 38.0 Å². The van der Waals surface area contributed by atoms with Gasteiger partial charge in [-0.25, -0.2) is 4.98 Å². The lowest BCUT2D eigenvalue weighted by Gasteiger charge is -2.29. The summed E-state index contributed by atoms with van der Waals surface area (Å²) >= 11 is 0. The van der Waals surface area contributed by atoms with Gasteiger partial charge in [0.05, 0.1) is 19.4 Å². The van der Waals surface area contributed by atoms with E-state index in [0.717, 1.165) is 18.4 Å². The number of pyridine rings is 1. The fraction of sp³-hybridized carbons (Fsp3) is 0.429. The van der Waals surface area contributed by atoms with Crippen molar-refractivity contribution in [3.8, 4) is 11.6 Å². The first-order valence-corrected chi connectivity index (χ1v) is 9.46. The van der Waals surface area contributed by atoms with E-state index in [1.807, 2.05) is 36.4 Å². The Bertz CT molecular complexity index is 715. The van der Waals surface area contributed by atoms with E-state index in [-0.39, 0.29) is 18.3 Å². The number of nitrogens with one attached hydrogen (secondary N) is 1. The van der Waals surface area contributed by atoms with Gasteiger partial charge in [0.2, 0.25) is 11.8 Å². The van der Waals surface area contributed by atoms with Gasteiger partial charge >= 0.3 is 0 Å². The molecule has 1 aliphatic rings. The minimum atomic E-state index is -0.254. The zero-order valence-corrected chi connectivity index (χ0v) is 16.0. The van der Waals surface area contributed by atoms with Crippen LogP contribution < -0.4 is 14.8 Å². The van der Waals surface area contributed by atoms with Gasteiger partial charge in [0.25, 0.3) is 0 Å². The summed E-state index contributed by atoms with van der Waals surface area (Å²) in [6, 6.07) is 13.6. The summed E-state index contributed by atoms with van der Waals surface area (Å²) in [5, 5.41) is 2.76. The summed E-state index contributed by atoms with van der Waals surface area (Å²) in [6.45, 7) is 3.51. The highest BCUT2D eigenvalue weighted by Gasteiger charge is 2.23. The molecule has 0 radical (unpaired) electrons. The van der Waals surface area contributed by atoms with Gasteiger partial charge in [-0.1, -0.05) is 30.3 Å². The first kappa shape index (κ1) is 20.1. The van der Waals surface area contributed by atoms with Crippen LogP contribution in [0.2, 0.25) is 0 Å². The summed E-state index contributed by atoms with van der Waals surface area (Å²) < 4.78 is 22.9. The van der Waals surface area contributed by atoms with Crippen LogP contribution >= 0.6 is 0 Å². The summed E-state index contributed by atoms with van der Waals surface area (Å²) in [5.41, 5.74) is 1.10. The lowest BCUT2D eigenvalue weighted by molar-refractivity contribution is -0.213. The van der Waals surface area contributed by atoms with Crippen molar-refractivity contribution >= 4 is 5.91 Å². The molecule has 150 valence electrons. The largest absolute Gasteiger partial charge is 0.487 e. The van der Waals surface area contributed by atoms with Gasteiger partial charge in [-0.05, 0) is 18.1 Å². The van der Waals surface area contributed by atoms with Gasteiger partial charge in [0.15, 0.2) is 6.29 Å². The predicted octanol–water partition coefficient (Wildman–Crippen LogP) is 2.70. The van der Waals surface area contributed by atoms with E-state index in [1.165, 1.54) is 6.92 Å². The van der Waals surface area contributed by atoms with Gasteiger partial charge in [-0.3, -0.25) is 4.79 Å².